The topological polar surface area (TPSA) is 3.24 Å². The van der Waals surface area contributed by atoms with Crippen molar-refractivity contribution in [2.75, 3.05) is 4.90 Å². The van der Waals surface area contributed by atoms with Crippen LogP contribution in [-0.4, -0.2) is 0 Å². The summed E-state index contributed by atoms with van der Waals surface area (Å²) < 4.78 is 0. The van der Waals surface area contributed by atoms with Crippen LogP contribution in [0.1, 0.15) is 44.5 Å². The third-order valence-corrected chi connectivity index (χ3v) is 15.4. The summed E-state index contributed by atoms with van der Waals surface area (Å²) in [5, 5.41) is 0. The minimum absolute atomic E-state index is 0.441. The van der Waals surface area contributed by atoms with Crippen molar-refractivity contribution in [3.63, 3.8) is 0 Å². The highest BCUT2D eigenvalue weighted by atomic mass is 15.1. The van der Waals surface area contributed by atoms with Gasteiger partial charge in [-0.2, -0.15) is 0 Å². The molecule has 0 fully saturated rings. The molecular weight excluding hydrogens is 831 g/mol. The Morgan fingerprint density at radius 2 is 0.522 bits per heavy atom. The van der Waals surface area contributed by atoms with Crippen LogP contribution in [0.4, 0.5) is 17.1 Å². The molecule has 0 unspecified atom stereocenters. The first-order valence-electron chi connectivity index (χ1n) is 24.1. The van der Waals surface area contributed by atoms with Crippen molar-refractivity contribution in [2.24, 2.45) is 0 Å². The molecule has 0 bridgehead atoms. The van der Waals surface area contributed by atoms with E-state index in [1.54, 1.807) is 0 Å². The average molecular weight is 876 g/mol. The molecule has 69 heavy (non-hydrogen) atoms. The maximum absolute atomic E-state index is 2.48. The van der Waals surface area contributed by atoms with Gasteiger partial charge < -0.3 is 4.90 Å². The second-order valence-corrected chi connectivity index (χ2v) is 18.7. The van der Waals surface area contributed by atoms with Gasteiger partial charge in [-0.1, -0.05) is 231 Å². The molecule has 0 aliphatic heterocycles. The van der Waals surface area contributed by atoms with Crippen molar-refractivity contribution in [3.8, 4) is 55.6 Å². The monoisotopic (exact) mass is 875 g/mol. The zero-order chi connectivity index (χ0) is 45.5. The van der Waals surface area contributed by atoms with E-state index in [0.29, 0.717) is 0 Å². The fraction of sp³-hybridized carbons (Fsp3) is 0.0294. The third kappa shape index (κ3) is 5.65. The minimum atomic E-state index is -0.460. The van der Waals surface area contributed by atoms with Gasteiger partial charge in [-0.15, -0.1) is 0 Å². The quantitative estimate of drug-likeness (QED) is 0.154. The molecule has 11 aromatic carbocycles. The van der Waals surface area contributed by atoms with Gasteiger partial charge in [-0.25, -0.2) is 0 Å². The van der Waals surface area contributed by atoms with Gasteiger partial charge in [0.15, 0.2) is 0 Å². The largest absolute Gasteiger partial charge is 0.310 e. The minimum Gasteiger partial charge on any atom is -0.310 e. The summed E-state index contributed by atoms with van der Waals surface area (Å²) in [7, 11) is 0. The van der Waals surface area contributed by atoms with Crippen LogP contribution in [0.2, 0.25) is 0 Å². The van der Waals surface area contributed by atoms with Gasteiger partial charge in [0.2, 0.25) is 0 Å². The molecule has 0 amide bonds. The molecule has 3 aliphatic rings. The van der Waals surface area contributed by atoms with Crippen LogP contribution in [0.15, 0.2) is 273 Å². The van der Waals surface area contributed by atoms with Gasteiger partial charge in [-0.3, -0.25) is 0 Å². The van der Waals surface area contributed by atoms with Crippen molar-refractivity contribution in [1.29, 1.82) is 0 Å². The molecule has 0 N–H and O–H groups in total. The molecule has 0 atom stereocenters. The third-order valence-electron chi connectivity index (χ3n) is 15.4. The smallest absolute Gasteiger partial charge is 0.0726 e. The van der Waals surface area contributed by atoms with Crippen LogP contribution in [0.25, 0.3) is 55.6 Å². The van der Waals surface area contributed by atoms with Crippen LogP contribution in [-0.2, 0) is 10.8 Å². The molecule has 1 heteroatoms. The van der Waals surface area contributed by atoms with Gasteiger partial charge in [0, 0.05) is 17.1 Å². The number of hydrogen-bond donors (Lipinski definition) is 0. The van der Waals surface area contributed by atoms with Crippen LogP contribution in [0, 0.1) is 0 Å². The Morgan fingerprint density at radius 1 is 0.203 bits per heavy atom. The molecule has 0 aromatic heterocycles. The number of nitrogens with zero attached hydrogens (tertiary/aromatic N) is 1. The lowest BCUT2D eigenvalue weighted by atomic mass is 9.67. The first kappa shape index (κ1) is 39.4. The average Bonchev–Trinajstić information content (AvgIpc) is 4.02. The Balaban J connectivity index is 0.931. The van der Waals surface area contributed by atoms with E-state index in [9.17, 15) is 0 Å². The van der Waals surface area contributed by atoms with Crippen molar-refractivity contribution < 1.29 is 0 Å². The molecule has 3 aliphatic carbocycles. The number of hydrogen-bond acceptors (Lipinski definition) is 1. The highest BCUT2D eigenvalue weighted by Gasteiger charge is 2.52. The van der Waals surface area contributed by atoms with Gasteiger partial charge in [0.05, 0.1) is 10.8 Å². The maximum atomic E-state index is 2.48. The summed E-state index contributed by atoms with van der Waals surface area (Å²) in [6.45, 7) is 0. The first-order valence-corrected chi connectivity index (χ1v) is 24.1. The molecule has 0 radical (unpaired) electrons. The highest BCUT2D eigenvalue weighted by Crippen LogP contribution is 2.63. The number of anilines is 3. The van der Waals surface area contributed by atoms with Gasteiger partial charge in [0.1, 0.15) is 0 Å². The molecule has 1 nitrogen and oxygen atoms in total. The lowest BCUT2D eigenvalue weighted by molar-refractivity contribution is 0.769. The molecular formula is C68H45N. The van der Waals surface area contributed by atoms with Crippen LogP contribution < -0.4 is 4.90 Å². The zero-order valence-electron chi connectivity index (χ0n) is 37.9. The number of benzene rings is 11. The predicted octanol–water partition coefficient (Wildman–Crippen LogP) is 17.2. The van der Waals surface area contributed by atoms with E-state index < -0.39 is 10.8 Å². The Bertz CT molecular complexity index is 3650. The molecule has 0 saturated heterocycles. The van der Waals surface area contributed by atoms with E-state index in [1.165, 1.54) is 100 Å². The van der Waals surface area contributed by atoms with Crippen LogP contribution in [0.3, 0.4) is 0 Å². The van der Waals surface area contributed by atoms with E-state index in [4.69, 9.17) is 0 Å². The van der Waals surface area contributed by atoms with Gasteiger partial charge >= 0.3 is 0 Å². The number of fused-ring (bicyclic) bond motifs is 13. The number of rotatable bonds is 7. The van der Waals surface area contributed by atoms with E-state index >= 15 is 0 Å². The normalized spacial score (nSPS) is 13.7. The summed E-state index contributed by atoms with van der Waals surface area (Å²) in [5.74, 6) is 0. The molecule has 322 valence electrons. The van der Waals surface area contributed by atoms with Crippen molar-refractivity contribution in [1.82, 2.24) is 0 Å². The standard InChI is InChI=1S/C68H45N/c1-4-18-46(19-5-1)47-32-37-52(38-33-47)69(54-41-43-60-58-27-13-17-31-64(58)68(66(60)45-54)62-29-15-11-24-55(62)56-25-12-16-30-63(56)68)53-39-34-48(35-40-53)49-36-42-59-57-26-10-14-28-61(57)67(65(59)44-49,50-20-6-2-7-21-50)51-22-8-3-9-23-51/h1-45H. The summed E-state index contributed by atoms with van der Waals surface area (Å²) >= 11 is 0. The van der Waals surface area contributed by atoms with Gasteiger partial charge in [-0.05, 0) is 143 Å². The Labute approximate surface area is 403 Å². The van der Waals surface area contributed by atoms with E-state index in [1.807, 2.05) is 0 Å². The van der Waals surface area contributed by atoms with E-state index in [-0.39, 0.29) is 0 Å². The van der Waals surface area contributed by atoms with E-state index in [2.05, 4.69) is 278 Å². The summed E-state index contributed by atoms with van der Waals surface area (Å²) in [6, 6.07) is 102. The van der Waals surface area contributed by atoms with Crippen LogP contribution in [0.5, 0.6) is 0 Å². The van der Waals surface area contributed by atoms with E-state index in [0.717, 1.165) is 17.1 Å². The Hall–Kier alpha value is -8.78. The lowest BCUT2D eigenvalue weighted by Gasteiger charge is -2.34. The van der Waals surface area contributed by atoms with Crippen molar-refractivity contribution in [2.45, 2.75) is 10.8 Å². The molecule has 1 spiro atoms. The SMILES string of the molecule is c1ccc(-c2ccc(N(c3ccc(-c4ccc5c(c4)C(c4ccccc4)(c4ccccc4)c4ccccc4-5)cc3)c3ccc4c(c3)C3(c5ccccc5-c5ccccc53)c3ccccc3-4)cc2)cc1. The Kier molecular flexibility index (Phi) is 8.78. The summed E-state index contributed by atoms with van der Waals surface area (Å²) in [5.41, 5.74) is 25.5. The molecule has 11 aromatic rings. The first-order chi connectivity index (χ1) is 34.2. The second kappa shape index (κ2) is 15.4. The lowest BCUT2D eigenvalue weighted by Crippen LogP contribution is -2.28. The fourth-order valence-electron chi connectivity index (χ4n) is 12.5. The molecule has 0 heterocycles. The van der Waals surface area contributed by atoms with Gasteiger partial charge in [0.25, 0.3) is 0 Å². The van der Waals surface area contributed by atoms with Crippen LogP contribution >= 0.6 is 0 Å². The maximum Gasteiger partial charge on any atom is 0.0726 e. The predicted molar refractivity (Wildman–Crippen MR) is 286 cm³/mol. The molecule has 0 saturated carbocycles. The van der Waals surface area contributed by atoms with Crippen molar-refractivity contribution in [3.05, 3.63) is 317 Å². The zero-order valence-corrected chi connectivity index (χ0v) is 37.9. The summed E-state index contributed by atoms with van der Waals surface area (Å²) in [6.07, 6.45) is 0. The molecule has 14 rings (SSSR count). The fourth-order valence-corrected chi connectivity index (χ4v) is 12.5. The Morgan fingerprint density at radius 3 is 1.00 bits per heavy atom. The highest BCUT2D eigenvalue weighted by molar-refractivity contribution is 5.97. The van der Waals surface area contributed by atoms with Crippen molar-refractivity contribution >= 4 is 17.1 Å². The second-order valence-electron chi connectivity index (χ2n) is 18.7. The summed E-state index contributed by atoms with van der Waals surface area (Å²) in [4.78, 5) is 2.44.